The van der Waals surface area contributed by atoms with E-state index in [2.05, 4.69) is 15.0 Å². The van der Waals surface area contributed by atoms with Gasteiger partial charge in [0.1, 0.15) is 5.78 Å². The summed E-state index contributed by atoms with van der Waals surface area (Å²) in [7, 11) is 0. The Hall–Kier alpha value is -2.28. The Kier molecular flexibility index (Phi) is 6.78. The van der Waals surface area contributed by atoms with Crippen molar-refractivity contribution in [3.05, 3.63) is 30.0 Å². The number of hydrogen-bond acceptors (Lipinski definition) is 5. The minimum Gasteiger partial charge on any atom is -0.356 e. The molecule has 1 aromatic heterocycles. The molecule has 6 nitrogen and oxygen atoms in total. The van der Waals surface area contributed by atoms with Crippen molar-refractivity contribution in [2.75, 3.05) is 6.54 Å². The quantitative estimate of drug-likeness (QED) is 0.710. The highest BCUT2D eigenvalue weighted by Crippen LogP contribution is 2.39. The molecule has 0 spiro atoms. The Morgan fingerprint density at radius 1 is 1.18 bits per heavy atom. The highest BCUT2D eigenvalue weighted by atomic mass is 32.1. The van der Waals surface area contributed by atoms with Gasteiger partial charge in [-0.1, -0.05) is 31.0 Å². The van der Waals surface area contributed by atoms with Crippen LogP contribution in [0.15, 0.2) is 24.3 Å². The van der Waals surface area contributed by atoms with Crippen LogP contribution in [-0.4, -0.2) is 28.5 Å². The Morgan fingerprint density at radius 3 is 2.57 bits per heavy atom. The van der Waals surface area contributed by atoms with Gasteiger partial charge in [-0.2, -0.15) is 4.37 Å². The minimum atomic E-state index is -0.574. The number of amides is 2. The summed E-state index contributed by atoms with van der Waals surface area (Å²) in [6, 6.07) is 7.90. The molecule has 1 aromatic carbocycles. The third kappa shape index (κ3) is 4.95. The van der Waals surface area contributed by atoms with Crippen LogP contribution in [0.1, 0.15) is 57.7 Å². The fraction of sp³-hybridized carbons (Fsp3) is 0.524. The summed E-state index contributed by atoms with van der Waals surface area (Å²) in [4.78, 5) is 36.0. The van der Waals surface area contributed by atoms with E-state index in [0.717, 1.165) is 41.5 Å². The number of nitrogens with zero attached hydrogens (tertiary/aromatic N) is 1. The van der Waals surface area contributed by atoms with Gasteiger partial charge in [0.15, 0.2) is 0 Å². The van der Waals surface area contributed by atoms with E-state index in [-0.39, 0.29) is 36.6 Å². The predicted octanol–water partition coefficient (Wildman–Crippen LogP) is 3.38. The lowest BCUT2D eigenvalue weighted by molar-refractivity contribution is -0.130. The summed E-state index contributed by atoms with van der Waals surface area (Å²) in [6.45, 7) is 3.04. The molecule has 0 radical (unpaired) electrons. The molecule has 1 aliphatic rings. The molecule has 3 rings (SSSR count). The van der Waals surface area contributed by atoms with Crippen LogP contribution >= 0.6 is 11.5 Å². The maximum atomic E-state index is 13.1. The summed E-state index contributed by atoms with van der Waals surface area (Å²) in [5.41, 5.74) is 0.918. The molecule has 1 heterocycles. The standard InChI is InChI=1S/C21H27N3O3S/c1-13(25)11-16(12-22-14(2)26)21(27)23-19(15-7-3-4-8-15)20-17-9-5-6-10-18(17)28-24-20/h5-6,9-10,15-16,19H,3-4,7-8,11-12H2,1-2H3,(H,22,26)(H,23,27)/t16-,19-/m1/s1. The molecule has 2 atom stereocenters. The van der Waals surface area contributed by atoms with Crippen LogP contribution in [0.5, 0.6) is 0 Å². The van der Waals surface area contributed by atoms with E-state index in [9.17, 15) is 14.4 Å². The molecular weight excluding hydrogens is 374 g/mol. The second-order valence-electron chi connectivity index (χ2n) is 7.63. The van der Waals surface area contributed by atoms with E-state index >= 15 is 0 Å². The molecule has 0 aliphatic heterocycles. The SMILES string of the molecule is CC(=O)C[C@H](CNC(C)=O)C(=O)N[C@@H](c1nsc2ccccc12)C1CCCC1. The number of nitrogens with one attached hydrogen (secondary N) is 2. The molecule has 1 aliphatic carbocycles. The minimum absolute atomic E-state index is 0.0676. The first-order valence-electron chi connectivity index (χ1n) is 9.84. The Bertz CT molecular complexity index is 857. The first-order chi connectivity index (χ1) is 13.5. The van der Waals surface area contributed by atoms with Crippen molar-refractivity contribution < 1.29 is 14.4 Å². The molecule has 2 aromatic rings. The molecule has 2 amide bonds. The van der Waals surface area contributed by atoms with E-state index in [1.807, 2.05) is 24.3 Å². The smallest absolute Gasteiger partial charge is 0.225 e. The Labute approximate surface area is 169 Å². The number of aromatic nitrogens is 1. The van der Waals surface area contributed by atoms with Crippen LogP contribution in [0.2, 0.25) is 0 Å². The average molecular weight is 402 g/mol. The fourth-order valence-corrected chi connectivity index (χ4v) is 4.79. The molecule has 28 heavy (non-hydrogen) atoms. The normalized spacial score (nSPS) is 16.6. The number of rotatable bonds is 8. The number of benzene rings is 1. The van der Waals surface area contributed by atoms with E-state index in [1.54, 1.807) is 0 Å². The molecule has 0 saturated heterocycles. The third-order valence-electron chi connectivity index (χ3n) is 5.37. The second-order valence-corrected chi connectivity index (χ2v) is 8.44. The van der Waals surface area contributed by atoms with Gasteiger partial charge in [-0.15, -0.1) is 0 Å². The average Bonchev–Trinajstić information content (AvgIpc) is 3.32. The summed E-state index contributed by atoms with van der Waals surface area (Å²) in [6.07, 6.45) is 4.53. The fourth-order valence-electron chi connectivity index (χ4n) is 3.97. The maximum absolute atomic E-state index is 13.1. The number of carbonyl (C=O) groups excluding carboxylic acids is 3. The van der Waals surface area contributed by atoms with E-state index in [0.29, 0.717) is 5.92 Å². The van der Waals surface area contributed by atoms with Crippen LogP contribution < -0.4 is 10.6 Å². The Balaban J connectivity index is 1.84. The van der Waals surface area contributed by atoms with Gasteiger partial charge in [0, 0.05) is 25.3 Å². The lowest BCUT2D eigenvalue weighted by atomic mass is 9.92. The van der Waals surface area contributed by atoms with Gasteiger partial charge >= 0.3 is 0 Å². The van der Waals surface area contributed by atoms with Crippen LogP contribution in [0, 0.1) is 11.8 Å². The van der Waals surface area contributed by atoms with Gasteiger partial charge in [-0.25, -0.2) is 0 Å². The van der Waals surface area contributed by atoms with Gasteiger partial charge in [0.05, 0.1) is 22.4 Å². The third-order valence-corrected chi connectivity index (χ3v) is 6.21. The number of Topliss-reactive ketones (excluding diaryl/α,β-unsaturated/α-hetero) is 1. The summed E-state index contributed by atoms with van der Waals surface area (Å²) in [5.74, 6) is -0.706. The molecule has 150 valence electrons. The van der Waals surface area contributed by atoms with Crippen molar-refractivity contribution in [1.82, 2.24) is 15.0 Å². The van der Waals surface area contributed by atoms with Gasteiger partial charge in [0.25, 0.3) is 0 Å². The molecule has 1 fully saturated rings. The van der Waals surface area contributed by atoms with Crippen molar-refractivity contribution in [1.29, 1.82) is 0 Å². The lowest BCUT2D eigenvalue weighted by Crippen LogP contribution is -2.42. The predicted molar refractivity (Wildman–Crippen MR) is 110 cm³/mol. The summed E-state index contributed by atoms with van der Waals surface area (Å²) < 4.78 is 5.78. The van der Waals surface area contributed by atoms with Crippen LogP contribution in [-0.2, 0) is 14.4 Å². The summed E-state index contributed by atoms with van der Waals surface area (Å²) in [5, 5.41) is 6.94. The maximum Gasteiger partial charge on any atom is 0.225 e. The van der Waals surface area contributed by atoms with Crippen molar-refractivity contribution in [3.63, 3.8) is 0 Å². The first kappa shape index (κ1) is 20.5. The molecule has 2 N–H and O–H groups in total. The number of ketones is 1. The number of hydrogen-bond donors (Lipinski definition) is 2. The second kappa shape index (κ2) is 9.28. The topological polar surface area (TPSA) is 88.2 Å². The molecule has 0 bridgehead atoms. The summed E-state index contributed by atoms with van der Waals surface area (Å²) >= 11 is 1.45. The van der Waals surface area contributed by atoms with Gasteiger partial charge < -0.3 is 15.4 Å². The highest BCUT2D eigenvalue weighted by molar-refractivity contribution is 7.13. The van der Waals surface area contributed by atoms with Crippen molar-refractivity contribution in [3.8, 4) is 0 Å². The van der Waals surface area contributed by atoms with E-state index in [4.69, 9.17) is 0 Å². The monoisotopic (exact) mass is 401 g/mol. The van der Waals surface area contributed by atoms with Crippen molar-refractivity contribution >= 4 is 39.2 Å². The van der Waals surface area contributed by atoms with Crippen molar-refractivity contribution in [2.45, 2.75) is 52.0 Å². The van der Waals surface area contributed by atoms with Gasteiger partial charge in [0.2, 0.25) is 11.8 Å². The zero-order valence-corrected chi connectivity index (χ0v) is 17.2. The largest absolute Gasteiger partial charge is 0.356 e. The Morgan fingerprint density at radius 2 is 1.89 bits per heavy atom. The van der Waals surface area contributed by atoms with Crippen LogP contribution in [0.3, 0.4) is 0 Å². The zero-order chi connectivity index (χ0) is 20.1. The van der Waals surface area contributed by atoms with Crippen molar-refractivity contribution in [2.24, 2.45) is 11.8 Å². The molecule has 0 unspecified atom stereocenters. The zero-order valence-electron chi connectivity index (χ0n) is 16.4. The first-order valence-corrected chi connectivity index (χ1v) is 10.6. The van der Waals surface area contributed by atoms with E-state index in [1.165, 1.54) is 25.4 Å². The van der Waals surface area contributed by atoms with E-state index < -0.39 is 5.92 Å². The highest BCUT2D eigenvalue weighted by Gasteiger charge is 2.32. The number of fused-ring (bicyclic) bond motifs is 1. The van der Waals surface area contributed by atoms with Gasteiger partial charge in [-0.3, -0.25) is 9.59 Å². The van der Waals surface area contributed by atoms with Crippen LogP contribution in [0.4, 0.5) is 0 Å². The molecule has 7 heteroatoms. The van der Waals surface area contributed by atoms with Crippen LogP contribution in [0.25, 0.3) is 10.1 Å². The van der Waals surface area contributed by atoms with Gasteiger partial charge in [-0.05, 0) is 43.3 Å². The molecular formula is C21H27N3O3S. The number of carbonyl (C=O) groups is 3. The molecule has 1 saturated carbocycles. The lowest BCUT2D eigenvalue weighted by Gasteiger charge is -2.26.